The summed E-state index contributed by atoms with van der Waals surface area (Å²) in [5, 5.41) is 12.4. The highest BCUT2D eigenvalue weighted by Crippen LogP contribution is 2.32. The van der Waals surface area contributed by atoms with Gasteiger partial charge in [-0.05, 0) is 62.6 Å². The summed E-state index contributed by atoms with van der Waals surface area (Å²) in [7, 11) is 0. The van der Waals surface area contributed by atoms with Crippen LogP contribution in [-0.2, 0) is 4.79 Å². The summed E-state index contributed by atoms with van der Waals surface area (Å²) in [6.07, 6.45) is 2.67. The second-order valence-corrected chi connectivity index (χ2v) is 6.27. The van der Waals surface area contributed by atoms with Gasteiger partial charge in [0.15, 0.2) is 0 Å². The number of benzene rings is 1. The lowest BCUT2D eigenvalue weighted by atomic mass is 9.77. The van der Waals surface area contributed by atoms with Crippen LogP contribution in [0.2, 0.25) is 0 Å². The number of carbonyl (C=O) groups excluding carboxylic acids is 1. The van der Waals surface area contributed by atoms with E-state index in [9.17, 15) is 14.7 Å². The predicted molar refractivity (Wildman–Crippen MR) is 81.4 cm³/mol. The molecule has 1 aromatic rings. The fourth-order valence-corrected chi connectivity index (χ4v) is 2.93. The molecule has 2 rings (SSSR count). The first-order valence-electron chi connectivity index (χ1n) is 7.48. The Morgan fingerprint density at radius 1 is 1.24 bits per heavy atom. The summed E-state index contributed by atoms with van der Waals surface area (Å²) in [5.74, 6) is -0.684. The molecule has 2 N–H and O–H groups in total. The number of carbonyl (C=O) groups is 2. The standard InChI is InChI=1S/C17H23NO3/c1-11-7-9-17(10-8-11,16(20)21)18-15(19)14-6-4-5-12(2)13(14)3/h4-6,11H,7-10H2,1-3H3,(H,18,19)(H,20,21). The van der Waals surface area contributed by atoms with Crippen molar-refractivity contribution in [2.75, 3.05) is 0 Å². The Morgan fingerprint density at radius 2 is 1.86 bits per heavy atom. The highest BCUT2D eigenvalue weighted by atomic mass is 16.4. The van der Waals surface area contributed by atoms with Crippen LogP contribution in [-0.4, -0.2) is 22.5 Å². The van der Waals surface area contributed by atoms with Crippen molar-refractivity contribution in [1.82, 2.24) is 5.32 Å². The molecular weight excluding hydrogens is 266 g/mol. The second kappa shape index (κ2) is 5.88. The van der Waals surface area contributed by atoms with Crippen molar-refractivity contribution in [3.8, 4) is 0 Å². The first-order chi connectivity index (χ1) is 9.85. The van der Waals surface area contributed by atoms with Gasteiger partial charge >= 0.3 is 5.97 Å². The maximum atomic E-state index is 12.5. The van der Waals surface area contributed by atoms with Crippen LogP contribution < -0.4 is 5.32 Å². The number of carboxylic acid groups (broad SMARTS) is 1. The number of hydrogen-bond acceptors (Lipinski definition) is 2. The highest BCUT2D eigenvalue weighted by Gasteiger charge is 2.42. The number of aryl methyl sites for hydroxylation is 1. The summed E-state index contributed by atoms with van der Waals surface area (Å²) in [4.78, 5) is 24.2. The smallest absolute Gasteiger partial charge is 0.329 e. The molecule has 1 saturated carbocycles. The largest absolute Gasteiger partial charge is 0.480 e. The van der Waals surface area contributed by atoms with Crippen LogP contribution in [0.1, 0.15) is 54.1 Å². The zero-order valence-electron chi connectivity index (χ0n) is 12.9. The minimum atomic E-state index is -1.11. The predicted octanol–water partition coefficient (Wildman–Crippen LogP) is 3.07. The summed E-state index contributed by atoms with van der Waals surface area (Å²) in [5.41, 5.74) is 1.39. The summed E-state index contributed by atoms with van der Waals surface area (Å²) in [6.45, 7) is 5.96. The van der Waals surface area contributed by atoms with E-state index in [0.29, 0.717) is 24.3 Å². The van der Waals surface area contributed by atoms with Crippen molar-refractivity contribution in [3.05, 3.63) is 34.9 Å². The third-order valence-corrected chi connectivity index (χ3v) is 4.74. The summed E-state index contributed by atoms with van der Waals surface area (Å²) >= 11 is 0. The van der Waals surface area contributed by atoms with Gasteiger partial charge in [0.25, 0.3) is 5.91 Å². The van der Waals surface area contributed by atoms with Crippen LogP contribution in [0, 0.1) is 19.8 Å². The zero-order chi connectivity index (χ0) is 15.6. The summed E-state index contributed by atoms with van der Waals surface area (Å²) in [6, 6.07) is 5.52. The van der Waals surface area contributed by atoms with E-state index in [4.69, 9.17) is 0 Å². The molecule has 21 heavy (non-hydrogen) atoms. The van der Waals surface area contributed by atoms with Gasteiger partial charge in [0.2, 0.25) is 0 Å². The van der Waals surface area contributed by atoms with Crippen LogP contribution >= 0.6 is 0 Å². The van der Waals surface area contributed by atoms with Crippen molar-refractivity contribution in [3.63, 3.8) is 0 Å². The Kier molecular flexibility index (Phi) is 4.35. The molecule has 1 aliphatic rings. The molecule has 0 unspecified atom stereocenters. The molecule has 4 heteroatoms. The molecule has 1 fully saturated rings. The van der Waals surface area contributed by atoms with E-state index < -0.39 is 11.5 Å². The van der Waals surface area contributed by atoms with Crippen molar-refractivity contribution in [2.24, 2.45) is 5.92 Å². The van der Waals surface area contributed by atoms with Gasteiger partial charge in [0.05, 0.1) is 0 Å². The normalized spacial score (nSPS) is 25.4. The van der Waals surface area contributed by atoms with Crippen molar-refractivity contribution in [1.29, 1.82) is 0 Å². The Hall–Kier alpha value is -1.84. The number of amides is 1. The second-order valence-electron chi connectivity index (χ2n) is 6.27. The maximum absolute atomic E-state index is 12.5. The van der Waals surface area contributed by atoms with Gasteiger partial charge in [0, 0.05) is 5.56 Å². The van der Waals surface area contributed by atoms with Gasteiger partial charge in [0.1, 0.15) is 5.54 Å². The van der Waals surface area contributed by atoms with Gasteiger partial charge in [-0.25, -0.2) is 4.79 Å². The van der Waals surface area contributed by atoms with Crippen LogP contribution in [0.15, 0.2) is 18.2 Å². The van der Waals surface area contributed by atoms with E-state index in [-0.39, 0.29) is 5.91 Å². The van der Waals surface area contributed by atoms with Crippen LogP contribution in [0.25, 0.3) is 0 Å². The molecular formula is C17H23NO3. The summed E-state index contributed by atoms with van der Waals surface area (Å²) < 4.78 is 0. The van der Waals surface area contributed by atoms with Gasteiger partial charge in [-0.1, -0.05) is 19.1 Å². The molecule has 1 aromatic carbocycles. The Morgan fingerprint density at radius 3 is 2.43 bits per heavy atom. The lowest BCUT2D eigenvalue weighted by Crippen LogP contribution is -2.56. The van der Waals surface area contributed by atoms with Crippen LogP contribution in [0.3, 0.4) is 0 Å². The average Bonchev–Trinajstić information content (AvgIpc) is 2.44. The monoisotopic (exact) mass is 289 g/mol. The molecule has 0 spiro atoms. The van der Waals surface area contributed by atoms with Crippen molar-refractivity contribution < 1.29 is 14.7 Å². The van der Waals surface area contributed by atoms with E-state index in [1.165, 1.54) is 0 Å². The van der Waals surface area contributed by atoms with Crippen LogP contribution in [0.4, 0.5) is 0 Å². The lowest BCUT2D eigenvalue weighted by molar-refractivity contribution is -0.146. The van der Waals surface area contributed by atoms with Crippen LogP contribution in [0.5, 0.6) is 0 Å². The molecule has 114 valence electrons. The molecule has 0 heterocycles. The van der Waals surface area contributed by atoms with E-state index >= 15 is 0 Å². The Labute approximate surface area is 125 Å². The SMILES string of the molecule is Cc1cccc(C(=O)NC2(C(=O)O)CCC(C)CC2)c1C. The molecule has 0 aromatic heterocycles. The van der Waals surface area contributed by atoms with E-state index in [2.05, 4.69) is 12.2 Å². The number of rotatable bonds is 3. The van der Waals surface area contributed by atoms with E-state index in [0.717, 1.165) is 24.0 Å². The first kappa shape index (κ1) is 15.5. The van der Waals surface area contributed by atoms with E-state index in [1.807, 2.05) is 26.0 Å². The van der Waals surface area contributed by atoms with Gasteiger partial charge in [-0.3, -0.25) is 4.79 Å². The number of aliphatic carboxylic acids is 1. The minimum Gasteiger partial charge on any atom is -0.480 e. The minimum absolute atomic E-state index is 0.284. The first-order valence-corrected chi connectivity index (χ1v) is 7.48. The molecule has 0 bridgehead atoms. The lowest BCUT2D eigenvalue weighted by Gasteiger charge is -2.36. The van der Waals surface area contributed by atoms with Gasteiger partial charge in [-0.15, -0.1) is 0 Å². The molecule has 0 atom stereocenters. The quantitative estimate of drug-likeness (QED) is 0.898. The number of nitrogens with one attached hydrogen (secondary N) is 1. The molecule has 0 aliphatic heterocycles. The third kappa shape index (κ3) is 3.09. The fraction of sp³-hybridized carbons (Fsp3) is 0.529. The number of hydrogen-bond donors (Lipinski definition) is 2. The third-order valence-electron chi connectivity index (χ3n) is 4.74. The van der Waals surface area contributed by atoms with Gasteiger partial charge in [-0.2, -0.15) is 0 Å². The zero-order valence-corrected chi connectivity index (χ0v) is 12.9. The topological polar surface area (TPSA) is 66.4 Å². The van der Waals surface area contributed by atoms with Crippen molar-refractivity contribution >= 4 is 11.9 Å². The maximum Gasteiger partial charge on any atom is 0.329 e. The number of carboxylic acids is 1. The average molecular weight is 289 g/mol. The van der Waals surface area contributed by atoms with Crippen molar-refractivity contribution in [2.45, 2.75) is 52.0 Å². The highest BCUT2D eigenvalue weighted by molar-refractivity contribution is 5.99. The molecule has 0 saturated heterocycles. The fourth-order valence-electron chi connectivity index (χ4n) is 2.93. The molecule has 0 radical (unpaired) electrons. The van der Waals surface area contributed by atoms with Gasteiger partial charge < -0.3 is 10.4 Å². The molecule has 4 nitrogen and oxygen atoms in total. The molecule has 1 amide bonds. The Bertz CT molecular complexity index is 557. The Balaban J connectivity index is 2.23. The van der Waals surface area contributed by atoms with E-state index in [1.54, 1.807) is 6.07 Å². The molecule has 1 aliphatic carbocycles.